The minimum Gasteiger partial charge on any atom is -0.455 e. The van der Waals surface area contributed by atoms with Crippen LogP contribution in [0.15, 0.2) is 89.3 Å². The largest absolute Gasteiger partial charge is 0.455 e. The van der Waals surface area contributed by atoms with E-state index in [0.29, 0.717) is 0 Å². The van der Waals surface area contributed by atoms with Crippen molar-refractivity contribution < 1.29 is 8.98 Å². The van der Waals surface area contributed by atoms with E-state index in [1.165, 1.54) is 60.3 Å². The zero-order valence-corrected chi connectivity index (χ0v) is 18.9. The van der Waals surface area contributed by atoms with Gasteiger partial charge in [-0.25, -0.2) is 9.13 Å². The first kappa shape index (κ1) is 18.5. The Kier molecular flexibility index (Phi) is 3.61. The van der Waals surface area contributed by atoms with Gasteiger partial charge in [-0.05, 0) is 59.0 Å². The standard InChI is InChI=1S/C30H23N2O/c1-18-16-24-22-15-14-20-13-12-19-8-4-5-9-21(19)28(20)29(22)33-27(24)17-23(18)30-31(2)25-10-6-7-11-26(25)32(30)3/h4-17H,1-3H3/q+1. The minimum absolute atomic E-state index is 0.927. The Morgan fingerprint density at radius 3 is 2.39 bits per heavy atom. The highest BCUT2D eigenvalue weighted by molar-refractivity contribution is 6.23. The molecule has 2 heterocycles. The average Bonchev–Trinajstić information content (AvgIpc) is 3.32. The zero-order chi connectivity index (χ0) is 22.3. The van der Waals surface area contributed by atoms with Crippen molar-refractivity contribution >= 4 is 54.5 Å². The summed E-state index contributed by atoms with van der Waals surface area (Å²) in [6.07, 6.45) is 0. The van der Waals surface area contributed by atoms with E-state index in [0.717, 1.165) is 11.2 Å². The summed E-state index contributed by atoms with van der Waals surface area (Å²) < 4.78 is 11.2. The van der Waals surface area contributed by atoms with Gasteiger partial charge in [0.05, 0.1) is 19.7 Å². The van der Waals surface area contributed by atoms with E-state index >= 15 is 0 Å². The van der Waals surface area contributed by atoms with Crippen LogP contribution in [0.4, 0.5) is 0 Å². The topological polar surface area (TPSA) is 21.9 Å². The maximum Gasteiger partial charge on any atom is 0.289 e. The van der Waals surface area contributed by atoms with Gasteiger partial charge in [0, 0.05) is 16.2 Å². The molecule has 0 spiro atoms. The maximum absolute atomic E-state index is 6.63. The molecule has 158 valence electrons. The number of aromatic nitrogens is 2. The summed E-state index contributed by atoms with van der Waals surface area (Å²) in [5, 5.41) is 7.20. The van der Waals surface area contributed by atoms with Gasteiger partial charge in [-0.15, -0.1) is 0 Å². The first-order valence-electron chi connectivity index (χ1n) is 11.3. The number of para-hydroxylation sites is 2. The second kappa shape index (κ2) is 6.46. The highest BCUT2D eigenvalue weighted by atomic mass is 16.3. The summed E-state index contributed by atoms with van der Waals surface area (Å²) in [7, 11) is 4.28. The van der Waals surface area contributed by atoms with E-state index in [1.54, 1.807) is 0 Å². The fraction of sp³-hybridized carbons (Fsp3) is 0.100. The monoisotopic (exact) mass is 427 g/mol. The van der Waals surface area contributed by atoms with Gasteiger partial charge >= 0.3 is 0 Å². The van der Waals surface area contributed by atoms with E-state index < -0.39 is 0 Å². The van der Waals surface area contributed by atoms with Gasteiger partial charge in [-0.2, -0.15) is 0 Å². The molecular weight excluding hydrogens is 404 g/mol. The van der Waals surface area contributed by atoms with Gasteiger partial charge in [0.1, 0.15) is 11.2 Å². The molecule has 2 aromatic heterocycles. The molecule has 0 radical (unpaired) electrons. The van der Waals surface area contributed by atoms with E-state index in [1.807, 2.05) is 0 Å². The lowest BCUT2D eigenvalue weighted by atomic mass is 9.98. The Balaban J connectivity index is 1.59. The van der Waals surface area contributed by atoms with Gasteiger partial charge < -0.3 is 4.42 Å². The third-order valence-corrected chi connectivity index (χ3v) is 7.17. The second-order valence-corrected chi connectivity index (χ2v) is 9.02. The molecule has 0 saturated carbocycles. The van der Waals surface area contributed by atoms with Gasteiger partial charge in [-0.1, -0.05) is 54.6 Å². The molecule has 7 rings (SSSR count). The van der Waals surface area contributed by atoms with Crippen molar-refractivity contribution in [2.75, 3.05) is 0 Å². The fourth-order valence-corrected chi connectivity index (χ4v) is 5.56. The van der Waals surface area contributed by atoms with Crippen molar-refractivity contribution in [3.8, 4) is 11.4 Å². The molecule has 33 heavy (non-hydrogen) atoms. The number of benzene rings is 5. The number of furan rings is 1. The van der Waals surface area contributed by atoms with Crippen LogP contribution in [-0.2, 0) is 14.1 Å². The minimum atomic E-state index is 0.927. The molecule has 0 atom stereocenters. The van der Waals surface area contributed by atoms with Crippen LogP contribution in [0.3, 0.4) is 0 Å². The third kappa shape index (κ3) is 2.42. The SMILES string of the molecule is Cc1cc2c(cc1-c1n(C)c3ccccc3[n+]1C)oc1c2ccc2ccc3ccccc3c21. The van der Waals surface area contributed by atoms with Crippen LogP contribution < -0.4 is 4.57 Å². The van der Waals surface area contributed by atoms with Crippen molar-refractivity contribution in [1.29, 1.82) is 0 Å². The van der Waals surface area contributed by atoms with Gasteiger partial charge in [-0.3, -0.25) is 0 Å². The maximum atomic E-state index is 6.63. The quantitative estimate of drug-likeness (QED) is 0.201. The Labute approximate surface area is 191 Å². The zero-order valence-electron chi connectivity index (χ0n) is 18.9. The first-order valence-corrected chi connectivity index (χ1v) is 11.3. The molecule has 0 aliphatic heterocycles. The van der Waals surface area contributed by atoms with Crippen molar-refractivity contribution in [1.82, 2.24) is 4.57 Å². The smallest absolute Gasteiger partial charge is 0.289 e. The molecule has 0 N–H and O–H groups in total. The molecule has 3 nitrogen and oxygen atoms in total. The van der Waals surface area contributed by atoms with Crippen LogP contribution in [0, 0.1) is 6.92 Å². The van der Waals surface area contributed by atoms with Crippen molar-refractivity contribution in [3.63, 3.8) is 0 Å². The molecule has 0 saturated heterocycles. The highest BCUT2D eigenvalue weighted by Crippen LogP contribution is 2.39. The van der Waals surface area contributed by atoms with Crippen LogP contribution in [0.25, 0.3) is 65.9 Å². The van der Waals surface area contributed by atoms with Gasteiger partial charge in [0.15, 0.2) is 11.0 Å². The van der Waals surface area contributed by atoms with Crippen molar-refractivity contribution in [2.45, 2.75) is 6.92 Å². The van der Waals surface area contributed by atoms with Crippen LogP contribution in [-0.4, -0.2) is 4.57 Å². The van der Waals surface area contributed by atoms with Crippen LogP contribution in [0.5, 0.6) is 0 Å². The molecule has 5 aromatic carbocycles. The lowest BCUT2D eigenvalue weighted by Crippen LogP contribution is -2.30. The van der Waals surface area contributed by atoms with Crippen molar-refractivity contribution in [3.05, 3.63) is 90.5 Å². The molecule has 0 aliphatic rings. The molecule has 7 aromatic rings. The number of hydrogen-bond donors (Lipinski definition) is 0. The summed E-state index contributed by atoms with van der Waals surface area (Å²) in [6, 6.07) is 30.4. The lowest BCUT2D eigenvalue weighted by Gasteiger charge is -2.04. The summed E-state index contributed by atoms with van der Waals surface area (Å²) in [6.45, 7) is 2.20. The molecule has 0 amide bonds. The molecule has 0 fully saturated rings. The Hall–Kier alpha value is -4.11. The highest BCUT2D eigenvalue weighted by Gasteiger charge is 2.24. The molecular formula is C30H23N2O+. The Morgan fingerprint density at radius 1 is 0.758 bits per heavy atom. The van der Waals surface area contributed by atoms with Crippen LogP contribution in [0.1, 0.15) is 5.56 Å². The third-order valence-electron chi connectivity index (χ3n) is 7.17. The fourth-order valence-electron chi connectivity index (χ4n) is 5.56. The van der Waals surface area contributed by atoms with E-state index in [9.17, 15) is 0 Å². The van der Waals surface area contributed by atoms with E-state index in [2.05, 4.69) is 115 Å². The number of rotatable bonds is 1. The molecule has 3 heteroatoms. The summed E-state index contributed by atoms with van der Waals surface area (Å²) in [4.78, 5) is 0. The number of aryl methyl sites for hydroxylation is 3. The van der Waals surface area contributed by atoms with Crippen LogP contribution >= 0.6 is 0 Å². The molecule has 0 unspecified atom stereocenters. The number of nitrogens with zero attached hydrogens (tertiary/aromatic N) is 2. The first-order chi connectivity index (χ1) is 16.1. The average molecular weight is 428 g/mol. The van der Waals surface area contributed by atoms with E-state index in [4.69, 9.17) is 4.42 Å². The lowest BCUT2D eigenvalue weighted by molar-refractivity contribution is -0.634. The van der Waals surface area contributed by atoms with Crippen molar-refractivity contribution in [2.24, 2.45) is 14.1 Å². The summed E-state index contributed by atoms with van der Waals surface area (Å²) in [5.41, 5.74) is 6.77. The van der Waals surface area contributed by atoms with Gasteiger partial charge in [0.2, 0.25) is 0 Å². The Morgan fingerprint density at radius 2 is 1.52 bits per heavy atom. The predicted octanol–water partition coefficient (Wildman–Crippen LogP) is 7.18. The van der Waals surface area contributed by atoms with Gasteiger partial charge in [0.25, 0.3) is 5.82 Å². The second-order valence-electron chi connectivity index (χ2n) is 9.02. The predicted molar refractivity (Wildman–Crippen MR) is 137 cm³/mol. The number of imidazole rings is 1. The molecule has 0 aliphatic carbocycles. The van der Waals surface area contributed by atoms with Crippen LogP contribution in [0.2, 0.25) is 0 Å². The Bertz CT molecular complexity index is 1860. The molecule has 0 bridgehead atoms. The number of hydrogen-bond acceptors (Lipinski definition) is 1. The summed E-state index contributed by atoms with van der Waals surface area (Å²) in [5.74, 6) is 1.17. The van der Waals surface area contributed by atoms with E-state index in [-0.39, 0.29) is 0 Å². The summed E-state index contributed by atoms with van der Waals surface area (Å²) >= 11 is 0. The number of fused-ring (bicyclic) bond motifs is 8. The normalized spacial score (nSPS) is 12.1.